The Morgan fingerprint density at radius 1 is 1.12 bits per heavy atom. The van der Waals surface area contributed by atoms with Gasteiger partial charge in [-0.05, 0) is 39.7 Å². The van der Waals surface area contributed by atoms with E-state index in [0.717, 1.165) is 67.7 Å². The molecule has 5 nitrogen and oxygen atoms in total. The average molecular weight is 353 g/mol. The van der Waals surface area contributed by atoms with Crippen molar-refractivity contribution in [3.05, 3.63) is 46.9 Å². The first-order valence-corrected chi connectivity index (χ1v) is 9.57. The van der Waals surface area contributed by atoms with Crippen LogP contribution in [0.5, 0.6) is 11.6 Å². The van der Waals surface area contributed by atoms with Gasteiger partial charge in [-0.2, -0.15) is 0 Å². The van der Waals surface area contributed by atoms with Gasteiger partial charge >= 0.3 is 0 Å². The van der Waals surface area contributed by atoms with Crippen molar-refractivity contribution in [3.8, 4) is 11.6 Å². The van der Waals surface area contributed by atoms with Crippen molar-refractivity contribution in [2.75, 3.05) is 19.7 Å². The molecule has 1 saturated heterocycles. The zero-order chi connectivity index (χ0) is 18.1. The van der Waals surface area contributed by atoms with Crippen LogP contribution in [-0.4, -0.2) is 40.7 Å². The van der Waals surface area contributed by atoms with Crippen molar-refractivity contribution in [2.24, 2.45) is 0 Å². The van der Waals surface area contributed by atoms with E-state index in [9.17, 15) is 0 Å². The van der Waals surface area contributed by atoms with Gasteiger partial charge in [0, 0.05) is 54.6 Å². The quantitative estimate of drug-likeness (QED) is 0.840. The first-order valence-electron chi connectivity index (χ1n) is 9.57. The van der Waals surface area contributed by atoms with Crippen LogP contribution in [0.2, 0.25) is 0 Å². The second-order valence-electron chi connectivity index (χ2n) is 7.41. The number of fused-ring (bicyclic) bond motifs is 1. The summed E-state index contributed by atoms with van der Waals surface area (Å²) in [6.07, 6.45) is 3.32. The molecule has 0 unspecified atom stereocenters. The van der Waals surface area contributed by atoms with E-state index in [1.807, 2.05) is 26.0 Å². The second-order valence-corrected chi connectivity index (χ2v) is 7.41. The number of hydrogen-bond acceptors (Lipinski definition) is 5. The lowest BCUT2D eigenvalue weighted by atomic mass is 10.0. The van der Waals surface area contributed by atoms with Gasteiger partial charge in [-0.3, -0.25) is 9.88 Å². The SMILES string of the molecule is Cc1cc(OC2CCN([C@@H](C)c3ccc4c(n3)OCC4)CC2)cc(C)n1. The van der Waals surface area contributed by atoms with Crippen LogP contribution in [0, 0.1) is 13.8 Å². The molecule has 26 heavy (non-hydrogen) atoms. The molecule has 0 bridgehead atoms. The smallest absolute Gasteiger partial charge is 0.216 e. The highest BCUT2D eigenvalue weighted by atomic mass is 16.5. The number of aryl methyl sites for hydroxylation is 2. The Kier molecular flexibility index (Phi) is 4.81. The lowest BCUT2D eigenvalue weighted by Crippen LogP contribution is -2.39. The molecule has 1 fully saturated rings. The third-order valence-corrected chi connectivity index (χ3v) is 5.38. The summed E-state index contributed by atoms with van der Waals surface area (Å²) in [4.78, 5) is 11.6. The second kappa shape index (κ2) is 7.23. The molecule has 138 valence electrons. The van der Waals surface area contributed by atoms with Gasteiger partial charge in [0.25, 0.3) is 0 Å². The summed E-state index contributed by atoms with van der Waals surface area (Å²) < 4.78 is 11.8. The highest BCUT2D eigenvalue weighted by molar-refractivity contribution is 5.32. The van der Waals surface area contributed by atoms with E-state index >= 15 is 0 Å². The molecule has 2 aromatic heterocycles. The van der Waals surface area contributed by atoms with Crippen molar-refractivity contribution < 1.29 is 9.47 Å². The molecular weight excluding hydrogens is 326 g/mol. The molecule has 5 heteroatoms. The fourth-order valence-corrected chi connectivity index (χ4v) is 3.91. The zero-order valence-corrected chi connectivity index (χ0v) is 15.9. The van der Waals surface area contributed by atoms with E-state index in [1.165, 1.54) is 5.56 Å². The van der Waals surface area contributed by atoms with Crippen LogP contribution < -0.4 is 9.47 Å². The first kappa shape index (κ1) is 17.3. The maximum atomic E-state index is 6.21. The summed E-state index contributed by atoms with van der Waals surface area (Å²) in [5, 5.41) is 0. The van der Waals surface area contributed by atoms with E-state index in [4.69, 9.17) is 14.5 Å². The van der Waals surface area contributed by atoms with Crippen LogP contribution >= 0.6 is 0 Å². The maximum absolute atomic E-state index is 6.21. The average Bonchev–Trinajstić information content (AvgIpc) is 3.08. The molecule has 0 radical (unpaired) electrons. The first-order chi connectivity index (χ1) is 12.6. The Morgan fingerprint density at radius 3 is 2.58 bits per heavy atom. The Hall–Kier alpha value is -2.14. The molecule has 2 aliphatic heterocycles. The van der Waals surface area contributed by atoms with Gasteiger partial charge in [-0.25, -0.2) is 4.98 Å². The normalized spacial score (nSPS) is 19.0. The van der Waals surface area contributed by atoms with Crippen molar-refractivity contribution in [1.82, 2.24) is 14.9 Å². The maximum Gasteiger partial charge on any atom is 0.216 e. The fraction of sp³-hybridized carbons (Fsp3) is 0.524. The van der Waals surface area contributed by atoms with Crippen LogP contribution in [-0.2, 0) is 6.42 Å². The van der Waals surface area contributed by atoms with Gasteiger partial charge in [0.2, 0.25) is 5.88 Å². The van der Waals surface area contributed by atoms with Gasteiger partial charge in [0.1, 0.15) is 11.9 Å². The zero-order valence-electron chi connectivity index (χ0n) is 15.9. The Labute approximate surface area is 155 Å². The van der Waals surface area contributed by atoms with Gasteiger partial charge in [-0.15, -0.1) is 0 Å². The molecule has 0 saturated carbocycles. The Bertz CT molecular complexity index is 765. The van der Waals surface area contributed by atoms with Crippen LogP contribution in [0.1, 0.15) is 48.5 Å². The fourth-order valence-electron chi connectivity index (χ4n) is 3.91. The number of hydrogen-bond donors (Lipinski definition) is 0. The molecule has 0 aliphatic carbocycles. The summed E-state index contributed by atoms with van der Waals surface area (Å²) >= 11 is 0. The molecule has 0 aromatic carbocycles. The molecule has 2 aromatic rings. The highest BCUT2D eigenvalue weighted by Gasteiger charge is 2.26. The number of aromatic nitrogens is 2. The van der Waals surface area contributed by atoms with Crippen molar-refractivity contribution in [1.29, 1.82) is 0 Å². The molecular formula is C21H27N3O2. The van der Waals surface area contributed by atoms with Gasteiger partial charge in [0.05, 0.1) is 12.3 Å². The largest absolute Gasteiger partial charge is 0.490 e. The predicted octanol–water partition coefficient (Wildman–Crippen LogP) is 3.63. The predicted molar refractivity (Wildman–Crippen MR) is 101 cm³/mol. The summed E-state index contributed by atoms with van der Waals surface area (Å²) in [6.45, 7) is 9.06. The van der Waals surface area contributed by atoms with Gasteiger partial charge in [0.15, 0.2) is 0 Å². The molecule has 2 aliphatic rings. The van der Waals surface area contributed by atoms with Gasteiger partial charge in [-0.1, -0.05) is 6.07 Å². The van der Waals surface area contributed by atoms with E-state index in [0.29, 0.717) is 6.04 Å². The summed E-state index contributed by atoms with van der Waals surface area (Å²) in [6, 6.07) is 8.68. The highest BCUT2D eigenvalue weighted by Crippen LogP contribution is 2.29. The van der Waals surface area contributed by atoms with E-state index in [2.05, 4.69) is 28.9 Å². The van der Waals surface area contributed by atoms with Crippen LogP contribution in [0.25, 0.3) is 0 Å². The minimum Gasteiger partial charge on any atom is -0.490 e. The molecule has 0 N–H and O–H groups in total. The third-order valence-electron chi connectivity index (χ3n) is 5.38. The molecule has 4 heterocycles. The third kappa shape index (κ3) is 3.68. The van der Waals surface area contributed by atoms with Crippen molar-refractivity contribution in [3.63, 3.8) is 0 Å². The summed E-state index contributed by atoms with van der Waals surface area (Å²) in [5.74, 6) is 1.77. The number of nitrogens with zero attached hydrogens (tertiary/aromatic N) is 3. The topological polar surface area (TPSA) is 47.5 Å². The standard InChI is InChI=1S/C21H27N3O2/c1-14-12-19(13-15(2)22-14)26-18-6-9-24(10-7-18)16(3)20-5-4-17-8-11-25-21(17)23-20/h4-5,12-13,16,18H,6-11H2,1-3H3/t16-/m0/s1. The lowest BCUT2D eigenvalue weighted by Gasteiger charge is -2.35. The minimum atomic E-state index is 0.274. The Morgan fingerprint density at radius 2 is 1.85 bits per heavy atom. The summed E-state index contributed by atoms with van der Waals surface area (Å²) in [5.41, 5.74) is 4.35. The molecule has 0 spiro atoms. The van der Waals surface area contributed by atoms with E-state index in [1.54, 1.807) is 0 Å². The Balaban J connectivity index is 1.35. The number of likely N-dealkylation sites (tertiary alicyclic amines) is 1. The van der Waals surface area contributed by atoms with Crippen LogP contribution in [0.3, 0.4) is 0 Å². The van der Waals surface area contributed by atoms with Gasteiger partial charge < -0.3 is 9.47 Å². The molecule has 4 rings (SSSR count). The minimum absolute atomic E-state index is 0.274. The number of piperidine rings is 1. The monoisotopic (exact) mass is 353 g/mol. The van der Waals surface area contributed by atoms with Crippen molar-refractivity contribution >= 4 is 0 Å². The number of pyridine rings is 2. The number of ether oxygens (including phenoxy) is 2. The van der Waals surface area contributed by atoms with E-state index < -0.39 is 0 Å². The lowest BCUT2D eigenvalue weighted by molar-refractivity contribution is 0.0784. The van der Waals surface area contributed by atoms with Crippen molar-refractivity contribution in [2.45, 2.75) is 52.2 Å². The van der Waals surface area contributed by atoms with Crippen LogP contribution in [0.15, 0.2) is 24.3 Å². The molecule has 0 amide bonds. The summed E-state index contributed by atoms with van der Waals surface area (Å²) in [7, 11) is 0. The number of rotatable bonds is 4. The van der Waals surface area contributed by atoms with E-state index in [-0.39, 0.29) is 6.10 Å². The van der Waals surface area contributed by atoms with Crippen LogP contribution in [0.4, 0.5) is 0 Å². The molecule has 1 atom stereocenters.